The van der Waals surface area contributed by atoms with E-state index in [2.05, 4.69) is 25.7 Å². The van der Waals surface area contributed by atoms with Crippen molar-refractivity contribution in [3.63, 3.8) is 0 Å². The number of esters is 1. The van der Waals surface area contributed by atoms with Gasteiger partial charge in [-0.1, -0.05) is 0 Å². The second kappa shape index (κ2) is 5.54. The second-order valence-electron chi connectivity index (χ2n) is 2.79. The van der Waals surface area contributed by atoms with E-state index >= 15 is 0 Å². The summed E-state index contributed by atoms with van der Waals surface area (Å²) in [6.07, 6.45) is -1.62. The van der Waals surface area contributed by atoms with Crippen LogP contribution in [-0.4, -0.2) is 18.1 Å². The van der Waals surface area contributed by atoms with Crippen molar-refractivity contribution in [3.8, 4) is 0 Å². The molecule has 0 fully saturated rings. The summed E-state index contributed by atoms with van der Waals surface area (Å²) in [5, 5.41) is 0. The average molecular weight is 315 g/mol. The monoisotopic (exact) mass is 313 g/mol. The lowest BCUT2D eigenvalue weighted by molar-refractivity contribution is 0.0587. The maximum absolute atomic E-state index is 12.8. The van der Waals surface area contributed by atoms with Crippen LogP contribution in [0.15, 0.2) is 10.8 Å². The summed E-state index contributed by atoms with van der Waals surface area (Å²) in [7, 11) is 1.11. The third-order valence-electron chi connectivity index (χ3n) is 1.91. The molecule has 3 nitrogen and oxygen atoms in total. The topological polar surface area (TPSA) is 39.2 Å². The summed E-state index contributed by atoms with van der Waals surface area (Å²) in [5.41, 5.74) is -0.611. The number of methoxy groups -OCH3 is 1. The van der Waals surface area contributed by atoms with Gasteiger partial charge in [0.15, 0.2) is 0 Å². The molecule has 0 saturated carbocycles. The Morgan fingerprint density at radius 2 is 2.31 bits per heavy atom. The largest absolute Gasteiger partial charge is 0.465 e. The highest BCUT2D eigenvalue weighted by Crippen LogP contribution is 2.31. The van der Waals surface area contributed by atoms with E-state index in [1.165, 1.54) is 6.20 Å². The zero-order valence-electron chi connectivity index (χ0n) is 8.14. The van der Waals surface area contributed by atoms with Crippen molar-refractivity contribution in [1.82, 2.24) is 4.98 Å². The van der Waals surface area contributed by atoms with Crippen molar-refractivity contribution in [3.05, 3.63) is 27.5 Å². The molecular weight excluding hydrogens is 307 g/mol. The number of carbonyl (C=O) groups is 1. The van der Waals surface area contributed by atoms with E-state index in [1.54, 1.807) is 0 Å². The van der Waals surface area contributed by atoms with Crippen molar-refractivity contribution in [1.29, 1.82) is 0 Å². The predicted molar refractivity (Wildman–Crippen MR) is 57.8 cm³/mol. The molecule has 1 rings (SSSR count). The lowest BCUT2D eigenvalue weighted by Crippen LogP contribution is -2.11. The fraction of sp³-hybridized carbons (Fsp3) is 0.333. The fourth-order valence-electron chi connectivity index (χ4n) is 1.19. The van der Waals surface area contributed by atoms with Crippen LogP contribution >= 0.6 is 27.5 Å². The highest BCUT2D eigenvalue weighted by molar-refractivity contribution is 9.10. The van der Waals surface area contributed by atoms with Gasteiger partial charge < -0.3 is 4.74 Å². The van der Waals surface area contributed by atoms with Gasteiger partial charge in [-0.2, -0.15) is 0 Å². The zero-order chi connectivity index (χ0) is 12.3. The number of rotatable bonds is 3. The van der Waals surface area contributed by atoms with Gasteiger partial charge in [-0.15, -0.1) is 11.6 Å². The number of carbonyl (C=O) groups excluding carboxylic acids is 1. The molecule has 0 aromatic carbocycles. The van der Waals surface area contributed by atoms with Crippen LogP contribution in [0.25, 0.3) is 0 Å². The number of aromatic nitrogens is 1. The van der Waals surface area contributed by atoms with E-state index in [9.17, 15) is 13.6 Å². The van der Waals surface area contributed by atoms with E-state index in [4.69, 9.17) is 11.6 Å². The summed E-state index contributed by atoms with van der Waals surface area (Å²) < 4.78 is 30.1. The molecule has 0 bridgehead atoms. The maximum Gasteiger partial charge on any atom is 0.341 e. The Morgan fingerprint density at radius 1 is 1.69 bits per heavy atom. The van der Waals surface area contributed by atoms with Gasteiger partial charge in [-0.3, -0.25) is 0 Å². The lowest BCUT2D eigenvalue weighted by atomic mass is 10.1. The smallest absolute Gasteiger partial charge is 0.341 e. The molecule has 0 aliphatic heterocycles. The third kappa shape index (κ3) is 2.49. The highest BCUT2D eigenvalue weighted by atomic mass is 79.9. The SMILES string of the molecule is COC(=O)c1c(Br)ncc(CCl)c1C(F)F. The van der Waals surface area contributed by atoms with Gasteiger partial charge in [-0.05, 0) is 21.5 Å². The van der Waals surface area contributed by atoms with Crippen molar-refractivity contribution in [2.45, 2.75) is 12.3 Å². The van der Waals surface area contributed by atoms with E-state index in [0.29, 0.717) is 0 Å². The van der Waals surface area contributed by atoms with Crippen LogP contribution in [0, 0.1) is 0 Å². The van der Waals surface area contributed by atoms with E-state index in [-0.39, 0.29) is 21.6 Å². The predicted octanol–water partition coefficient (Wildman–Crippen LogP) is 3.31. The molecule has 0 spiro atoms. The molecule has 88 valence electrons. The summed E-state index contributed by atoms with van der Waals surface area (Å²) >= 11 is 8.44. The molecule has 0 atom stereocenters. The standard InChI is InChI=1S/C9H7BrClF2NO2/c1-16-9(15)6-5(8(12)13)4(2-11)3-14-7(6)10/h3,8H,2H2,1H3. The van der Waals surface area contributed by atoms with Crippen LogP contribution in [0.3, 0.4) is 0 Å². The Bertz CT molecular complexity index is 415. The van der Waals surface area contributed by atoms with Crippen LogP contribution in [-0.2, 0) is 10.6 Å². The molecule has 0 radical (unpaired) electrons. The van der Waals surface area contributed by atoms with Gasteiger partial charge in [0.05, 0.1) is 7.11 Å². The number of hydrogen-bond donors (Lipinski definition) is 0. The van der Waals surface area contributed by atoms with E-state index < -0.39 is 18.0 Å². The van der Waals surface area contributed by atoms with Crippen LogP contribution in [0.2, 0.25) is 0 Å². The van der Waals surface area contributed by atoms with Crippen LogP contribution in [0.1, 0.15) is 27.9 Å². The minimum Gasteiger partial charge on any atom is -0.465 e. The van der Waals surface area contributed by atoms with Crippen LogP contribution in [0.5, 0.6) is 0 Å². The number of halogens is 4. The molecule has 0 aliphatic rings. The molecular formula is C9H7BrClF2NO2. The summed E-state index contributed by atoms with van der Waals surface area (Å²) in [6.45, 7) is 0. The lowest BCUT2D eigenvalue weighted by Gasteiger charge is -2.12. The Labute approximate surface area is 104 Å². The minimum atomic E-state index is -2.82. The zero-order valence-corrected chi connectivity index (χ0v) is 10.5. The quantitative estimate of drug-likeness (QED) is 0.488. The van der Waals surface area contributed by atoms with Crippen molar-refractivity contribution < 1.29 is 18.3 Å². The number of alkyl halides is 3. The molecule has 0 amide bonds. The molecule has 1 heterocycles. The fourth-order valence-corrected chi connectivity index (χ4v) is 1.88. The Morgan fingerprint density at radius 3 is 2.75 bits per heavy atom. The molecule has 16 heavy (non-hydrogen) atoms. The van der Waals surface area contributed by atoms with E-state index in [0.717, 1.165) is 7.11 Å². The molecule has 1 aromatic heterocycles. The summed E-state index contributed by atoms with van der Waals surface area (Å²) in [4.78, 5) is 15.1. The first-order valence-corrected chi connectivity index (χ1v) is 5.45. The van der Waals surface area contributed by atoms with Crippen LogP contribution in [0.4, 0.5) is 8.78 Å². The van der Waals surface area contributed by atoms with Crippen LogP contribution < -0.4 is 0 Å². The first-order chi connectivity index (χ1) is 7.52. The van der Waals surface area contributed by atoms with Gasteiger partial charge in [0.2, 0.25) is 0 Å². The first kappa shape index (κ1) is 13.3. The van der Waals surface area contributed by atoms with Crippen molar-refractivity contribution >= 4 is 33.5 Å². The number of ether oxygens (including phenoxy) is 1. The van der Waals surface area contributed by atoms with Gasteiger partial charge in [0.1, 0.15) is 10.2 Å². The average Bonchev–Trinajstić information content (AvgIpc) is 2.27. The number of pyridine rings is 1. The summed E-state index contributed by atoms with van der Waals surface area (Å²) in [5.74, 6) is -1.02. The van der Waals surface area contributed by atoms with Gasteiger partial charge in [0, 0.05) is 17.6 Å². The normalized spacial score (nSPS) is 10.6. The maximum atomic E-state index is 12.8. The summed E-state index contributed by atoms with van der Waals surface area (Å²) in [6, 6.07) is 0. The molecule has 1 aromatic rings. The van der Waals surface area contributed by atoms with Crippen molar-refractivity contribution in [2.24, 2.45) is 0 Å². The molecule has 0 N–H and O–H groups in total. The second-order valence-corrected chi connectivity index (χ2v) is 3.81. The molecule has 7 heteroatoms. The highest BCUT2D eigenvalue weighted by Gasteiger charge is 2.26. The molecule has 0 saturated heterocycles. The van der Waals surface area contributed by atoms with Gasteiger partial charge >= 0.3 is 5.97 Å². The molecule has 0 unspecified atom stereocenters. The van der Waals surface area contributed by atoms with E-state index in [1.807, 2.05) is 0 Å². The van der Waals surface area contributed by atoms with Crippen molar-refractivity contribution in [2.75, 3.05) is 7.11 Å². The van der Waals surface area contributed by atoms with Gasteiger partial charge in [0.25, 0.3) is 6.43 Å². The van der Waals surface area contributed by atoms with Gasteiger partial charge in [-0.25, -0.2) is 18.6 Å². The number of hydrogen-bond acceptors (Lipinski definition) is 3. The minimum absolute atomic E-state index is 0.0171. The Hall–Kier alpha value is -0.750. The Balaban J connectivity index is 3.48. The molecule has 0 aliphatic carbocycles. The first-order valence-electron chi connectivity index (χ1n) is 4.12. The third-order valence-corrected chi connectivity index (χ3v) is 2.80. The number of nitrogens with zero attached hydrogens (tertiary/aromatic N) is 1. The Kier molecular flexibility index (Phi) is 4.61.